The van der Waals surface area contributed by atoms with Crippen LogP contribution in [0, 0.1) is 5.41 Å². The van der Waals surface area contributed by atoms with Crippen molar-refractivity contribution < 1.29 is 9.53 Å². The molecule has 0 radical (unpaired) electrons. The number of anilines is 3. The number of aromatic nitrogens is 1. The lowest BCUT2D eigenvalue weighted by Gasteiger charge is -2.19. The smallest absolute Gasteiger partial charge is 0.302 e. The Labute approximate surface area is 171 Å². The zero-order valence-corrected chi connectivity index (χ0v) is 16.7. The quantitative estimate of drug-likeness (QED) is 0.308. The molecule has 0 unspecified atom stereocenters. The van der Waals surface area contributed by atoms with Crippen molar-refractivity contribution in [1.82, 2.24) is 4.98 Å². The number of benzene rings is 1. The average Bonchev–Trinajstić information content (AvgIpc) is 3.02. The minimum Gasteiger partial charge on any atom is -0.461 e. The Bertz CT molecular complexity index is 983. The highest BCUT2D eigenvalue weighted by molar-refractivity contribution is 9.10. The van der Waals surface area contributed by atoms with E-state index in [0.29, 0.717) is 16.2 Å². The first-order valence-electron chi connectivity index (χ1n) is 8.39. The number of allylic oxidation sites excluding steroid dienone is 1. The van der Waals surface area contributed by atoms with Crippen molar-refractivity contribution in [3.8, 4) is 0 Å². The summed E-state index contributed by atoms with van der Waals surface area (Å²) < 4.78 is 5.73. The van der Waals surface area contributed by atoms with Gasteiger partial charge in [-0.05, 0) is 45.8 Å². The number of pyridine rings is 1. The number of aliphatic imine (C=N–C) groups is 1. The summed E-state index contributed by atoms with van der Waals surface area (Å²) in [7, 11) is 0. The van der Waals surface area contributed by atoms with E-state index in [1.54, 1.807) is 6.08 Å². The summed E-state index contributed by atoms with van der Waals surface area (Å²) in [5.41, 5.74) is 2.54. The van der Waals surface area contributed by atoms with Crippen molar-refractivity contribution in [2.75, 3.05) is 10.2 Å². The Hall–Kier alpha value is -3.26. The standard InChI is InChI=1S/C20H18BrN5O2/c1-3-10-23-18(22)11-19-24-16-8-9-17(21)25-20(16)26(19)15-6-4-14(5-7-15)12-28-13(2)27/h3-11,22,24H,1,12H2,2H3. The van der Waals surface area contributed by atoms with Crippen LogP contribution < -0.4 is 10.2 Å². The summed E-state index contributed by atoms with van der Waals surface area (Å²) in [4.78, 5) is 21.4. The molecule has 1 aromatic heterocycles. The first kappa shape index (κ1) is 19.5. The number of rotatable bonds is 5. The lowest BCUT2D eigenvalue weighted by atomic mass is 10.2. The third-order valence-electron chi connectivity index (χ3n) is 3.79. The molecule has 7 nitrogen and oxygen atoms in total. The van der Waals surface area contributed by atoms with Gasteiger partial charge in [0.25, 0.3) is 0 Å². The minimum absolute atomic E-state index is 0.0748. The summed E-state index contributed by atoms with van der Waals surface area (Å²) in [5.74, 6) is 1.11. The zero-order chi connectivity index (χ0) is 20.1. The molecule has 1 aliphatic heterocycles. The Morgan fingerprint density at radius 2 is 2.11 bits per heavy atom. The van der Waals surface area contributed by atoms with Crippen LogP contribution in [0.25, 0.3) is 0 Å². The molecule has 0 saturated heterocycles. The molecule has 142 valence electrons. The van der Waals surface area contributed by atoms with Gasteiger partial charge in [-0.3, -0.25) is 15.1 Å². The van der Waals surface area contributed by atoms with Crippen LogP contribution in [0.4, 0.5) is 17.2 Å². The van der Waals surface area contributed by atoms with Gasteiger partial charge in [-0.2, -0.15) is 0 Å². The molecule has 1 aromatic carbocycles. The molecule has 28 heavy (non-hydrogen) atoms. The number of amidine groups is 1. The van der Waals surface area contributed by atoms with Crippen LogP contribution >= 0.6 is 15.9 Å². The predicted octanol–water partition coefficient (Wildman–Crippen LogP) is 4.55. The highest BCUT2D eigenvalue weighted by atomic mass is 79.9. The molecule has 0 saturated carbocycles. The largest absolute Gasteiger partial charge is 0.461 e. The van der Waals surface area contributed by atoms with Crippen LogP contribution in [-0.4, -0.2) is 23.0 Å². The van der Waals surface area contributed by atoms with Gasteiger partial charge in [-0.15, -0.1) is 0 Å². The van der Waals surface area contributed by atoms with Gasteiger partial charge in [-0.1, -0.05) is 24.8 Å². The normalized spacial score (nSPS) is 14.1. The van der Waals surface area contributed by atoms with Gasteiger partial charge < -0.3 is 10.1 Å². The molecular weight excluding hydrogens is 422 g/mol. The van der Waals surface area contributed by atoms with Gasteiger partial charge in [0, 0.05) is 24.9 Å². The lowest BCUT2D eigenvalue weighted by molar-refractivity contribution is -0.142. The number of carbonyl (C=O) groups excluding carboxylic acids is 1. The van der Waals surface area contributed by atoms with Crippen molar-refractivity contribution in [2.24, 2.45) is 4.99 Å². The van der Waals surface area contributed by atoms with Gasteiger partial charge in [0.2, 0.25) is 0 Å². The van der Waals surface area contributed by atoms with E-state index in [0.717, 1.165) is 16.9 Å². The number of esters is 1. The van der Waals surface area contributed by atoms with Crippen molar-refractivity contribution in [3.63, 3.8) is 0 Å². The van der Waals surface area contributed by atoms with E-state index in [-0.39, 0.29) is 18.4 Å². The van der Waals surface area contributed by atoms with E-state index in [9.17, 15) is 4.79 Å². The highest BCUT2D eigenvalue weighted by Crippen LogP contribution is 2.41. The molecule has 0 amide bonds. The first-order valence-corrected chi connectivity index (χ1v) is 9.18. The molecular formula is C20H18BrN5O2. The topological polar surface area (TPSA) is 90.7 Å². The van der Waals surface area contributed by atoms with Crippen molar-refractivity contribution in [1.29, 1.82) is 5.41 Å². The van der Waals surface area contributed by atoms with Gasteiger partial charge in [-0.25, -0.2) is 9.98 Å². The monoisotopic (exact) mass is 439 g/mol. The maximum atomic E-state index is 11.0. The summed E-state index contributed by atoms with van der Waals surface area (Å²) >= 11 is 3.41. The number of carbonyl (C=O) groups is 1. The van der Waals surface area contributed by atoms with Crippen molar-refractivity contribution >= 4 is 51.1 Å². The van der Waals surface area contributed by atoms with Crippen molar-refractivity contribution in [2.45, 2.75) is 13.5 Å². The van der Waals surface area contributed by atoms with Gasteiger partial charge in [0.1, 0.15) is 22.9 Å². The number of halogens is 1. The predicted molar refractivity (Wildman–Crippen MR) is 114 cm³/mol. The molecule has 2 heterocycles. The SMILES string of the molecule is C=CC=NC(=N)C=C1Nc2ccc(Br)nc2N1c1ccc(COC(C)=O)cc1. The van der Waals surface area contributed by atoms with E-state index in [4.69, 9.17) is 10.1 Å². The number of fused-ring (bicyclic) bond motifs is 1. The van der Waals surface area contributed by atoms with Gasteiger partial charge in [0.05, 0.1) is 5.69 Å². The zero-order valence-electron chi connectivity index (χ0n) is 15.1. The molecule has 0 aliphatic carbocycles. The van der Waals surface area contributed by atoms with Crippen LogP contribution in [0.2, 0.25) is 0 Å². The van der Waals surface area contributed by atoms with Gasteiger partial charge >= 0.3 is 5.97 Å². The minimum atomic E-state index is -0.320. The van der Waals surface area contributed by atoms with Crippen LogP contribution in [0.3, 0.4) is 0 Å². The molecule has 0 bridgehead atoms. The van der Waals surface area contributed by atoms with Crippen molar-refractivity contribution in [3.05, 3.63) is 71.1 Å². The van der Waals surface area contributed by atoms with Crippen LogP contribution in [0.15, 0.2) is 70.5 Å². The van der Waals surface area contributed by atoms with E-state index in [1.807, 2.05) is 41.3 Å². The fourth-order valence-electron chi connectivity index (χ4n) is 2.59. The molecule has 0 fully saturated rings. The second-order valence-corrected chi connectivity index (χ2v) is 6.65. The molecule has 1 aliphatic rings. The third-order valence-corrected chi connectivity index (χ3v) is 4.23. The molecule has 8 heteroatoms. The number of nitrogens with one attached hydrogen (secondary N) is 2. The fraction of sp³-hybridized carbons (Fsp3) is 0.100. The lowest BCUT2D eigenvalue weighted by Crippen LogP contribution is -2.16. The molecule has 3 rings (SSSR count). The summed E-state index contributed by atoms with van der Waals surface area (Å²) in [6, 6.07) is 11.3. The Morgan fingerprint density at radius 1 is 1.36 bits per heavy atom. The summed E-state index contributed by atoms with van der Waals surface area (Å²) in [6.45, 7) is 5.16. The number of hydrogen-bond acceptors (Lipinski definition) is 6. The Morgan fingerprint density at radius 3 is 2.79 bits per heavy atom. The third kappa shape index (κ3) is 4.52. The number of nitrogens with zero attached hydrogens (tertiary/aromatic N) is 3. The van der Waals surface area contributed by atoms with E-state index in [2.05, 4.69) is 37.8 Å². The maximum Gasteiger partial charge on any atom is 0.302 e. The second-order valence-electron chi connectivity index (χ2n) is 5.84. The summed E-state index contributed by atoms with van der Waals surface area (Å²) in [6.07, 6.45) is 4.59. The van der Waals surface area contributed by atoms with Gasteiger partial charge in [0.15, 0.2) is 5.82 Å². The van der Waals surface area contributed by atoms with Crippen LogP contribution in [0.1, 0.15) is 12.5 Å². The fourth-order valence-corrected chi connectivity index (χ4v) is 2.89. The van der Waals surface area contributed by atoms with E-state index >= 15 is 0 Å². The molecule has 2 aromatic rings. The van der Waals surface area contributed by atoms with Crippen LogP contribution in [-0.2, 0) is 16.1 Å². The molecule has 0 atom stereocenters. The number of ether oxygens (including phenoxy) is 1. The Kier molecular flexibility index (Phi) is 6.00. The first-order chi connectivity index (χ1) is 13.5. The summed E-state index contributed by atoms with van der Waals surface area (Å²) in [5, 5.41) is 11.3. The van der Waals surface area contributed by atoms with E-state index < -0.39 is 0 Å². The number of hydrogen-bond donors (Lipinski definition) is 2. The Balaban J connectivity index is 1.96. The average molecular weight is 440 g/mol. The second kappa shape index (κ2) is 8.62. The highest BCUT2D eigenvalue weighted by Gasteiger charge is 2.27. The maximum absolute atomic E-state index is 11.0. The van der Waals surface area contributed by atoms with E-state index in [1.165, 1.54) is 19.2 Å². The van der Waals surface area contributed by atoms with Crippen LogP contribution in [0.5, 0.6) is 0 Å². The molecule has 0 spiro atoms. The molecule has 2 N–H and O–H groups in total.